The van der Waals surface area contributed by atoms with Gasteiger partial charge in [-0.15, -0.1) is 5.10 Å². The van der Waals surface area contributed by atoms with E-state index in [4.69, 9.17) is 0 Å². The van der Waals surface area contributed by atoms with Gasteiger partial charge in [-0.25, -0.2) is 4.68 Å². The van der Waals surface area contributed by atoms with Crippen LogP contribution in [0, 0.1) is 12.3 Å². The molecule has 3 rings (SSSR count). The lowest BCUT2D eigenvalue weighted by molar-refractivity contribution is -0.143. The molecule has 3 heterocycles. The molecule has 8 nitrogen and oxygen atoms in total. The Hall–Kier alpha value is -1.99. The van der Waals surface area contributed by atoms with Crippen LogP contribution in [-0.4, -0.2) is 68.0 Å². The van der Waals surface area contributed by atoms with Gasteiger partial charge in [0.15, 0.2) is 0 Å². The van der Waals surface area contributed by atoms with E-state index in [1.165, 1.54) is 0 Å². The van der Waals surface area contributed by atoms with Crippen molar-refractivity contribution in [2.45, 2.75) is 65.3 Å². The van der Waals surface area contributed by atoms with Gasteiger partial charge < -0.3 is 9.80 Å². The fourth-order valence-electron chi connectivity index (χ4n) is 4.22. The predicted molar refractivity (Wildman–Crippen MR) is 96.1 cm³/mol. The van der Waals surface area contributed by atoms with Crippen LogP contribution in [0.5, 0.6) is 0 Å². The Morgan fingerprint density at radius 1 is 1.23 bits per heavy atom. The van der Waals surface area contributed by atoms with Gasteiger partial charge in [0.05, 0.1) is 6.54 Å². The summed E-state index contributed by atoms with van der Waals surface area (Å²) in [4.78, 5) is 29.0. The van der Waals surface area contributed by atoms with Crippen molar-refractivity contribution in [3.63, 3.8) is 0 Å². The number of hydrogen-bond acceptors (Lipinski definition) is 5. The molecule has 2 amide bonds. The van der Waals surface area contributed by atoms with Crippen LogP contribution >= 0.6 is 0 Å². The van der Waals surface area contributed by atoms with E-state index in [1.807, 2.05) is 16.7 Å². The number of nitrogens with zero attached hydrogens (tertiary/aromatic N) is 6. The SMILES string of the molecule is CCCCN1C[C@]2(CCCN(C(=O)CCn3nnnc3C)C2)CCC1=O. The molecule has 2 aliphatic rings. The Morgan fingerprint density at radius 2 is 2.08 bits per heavy atom. The molecule has 0 radical (unpaired) electrons. The second-order valence-electron chi connectivity index (χ2n) is 7.79. The van der Waals surface area contributed by atoms with E-state index >= 15 is 0 Å². The first-order chi connectivity index (χ1) is 12.5. The highest BCUT2D eigenvalue weighted by molar-refractivity contribution is 5.78. The molecule has 2 aliphatic heterocycles. The number of rotatable bonds is 6. The maximum atomic E-state index is 12.7. The van der Waals surface area contributed by atoms with Crippen LogP contribution in [0.3, 0.4) is 0 Å². The minimum Gasteiger partial charge on any atom is -0.342 e. The van der Waals surface area contributed by atoms with Crippen molar-refractivity contribution in [3.05, 3.63) is 5.82 Å². The molecule has 1 atom stereocenters. The number of amides is 2. The summed E-state index contributed by atoms with van der Waals surface area (Å²) in [6.07, 6.45) is 6.22. The molecule has 2 saturated heterocycles. The molecule has 2 fully saturated rings. The quantitative estimate of drug-likeness (QED) is 0.764. The maximum Gasteiger partial charge on any atom is 0.224 e. The minimum absolute atomic E-state index is 0.0836. The van der Waals surface area contributed by atoms with Crippen LogP contribution < -0.4 is 0 Å². The summed E-state index contributed by atoms with van der Waals surface area (Å²) < 4.78 is 1.67. The van der Waals surface area contributed by atoms with Crippen molar-refractivity contribution in [1.29, 1.82) is 0 Å². The molecule has 1 aromatic heterocycles. The number of carbonyl (C=O) groups is 2. The predicted octanol–water partition coefficient (Wildman–Crippen LogP) is 1.40. The molecule has 0 unspecified atom stereocenters. The van der Waals surface area contributed by atoms with Crippen LogP contribution in [0.2, 0.25) is 0 Å². The molecule has 144 valence electrons. The zero-order chi connectivity index (χ0) is 18.6. The van der Waals surface area contributed by atoms with Crippen molar-refractivity contribution in [2.24, 2.45) is 5.41 Å². The lowest BCUT2D eigenvalue weighted by Crippen LogP contribution is -2.55. The van der Waals surface area contributed by atoms with Gasteiger partial charge in [-0.2, -0.15) is 0 Å². The van der Waals surface area contributed by atoms with E-state index in [-0.39, 0.29) is 17.2 Å². The van der Waals surface area contributed by atoms with E-state index < -0.39 is 0 Å². The first-order valence-corrected chi connectivity index (χ1v) is 9.81. The topological polar surface area (TPSA) is 84.2 Å². The first kappa shape index (κ1) is 18.8. The third-order valence-corrected chi connectivity index (χ3v) is 5.79. The monoisotopic (exact) mass is 362 g/mol. The third kappa shape index (κ3) is 4.22. The number of piperidine rings is 2. The average molecular weight is 362 g/mol. The molecule has 8 heteroatoms. The molecule has 0 aromatic carbocycles. The number of tetrazole rings is 1. The fourth-order valence-corrected chi connectivity index (χ4v) is 4.22. The number of carbonyl (C=O) groups excluding carboxylic acids is 2. The van der Waals surface area contributed by atoms with E-state index in [1.54, 1.807) is 4.68 Å². The Morgan fingerprint density at radius 3 is 2.81 bits per heavy atom. The van der Waals surface area contributed by atoms with Crippen LogP contribution in [0.15, 0.2) is 0 Å². The smallest absolute Gasteiger partial charge is 0.224 e. The van der Waals surface area contributed by atoms with E-state index in [9.17, 15) is 9.59 Å². The van der Waals surface area contributed by atoms with Gasteiger partial charge in [-0.3, -0.25) is 9.59 Å². The van der Waals surface area contributed by atoms with Gasteiger partial charge in [0, 0.05) is 44.4 Å². The zero-order valence-corrected chi connectivity index (χ0v) is 16.0. The van der Waals surface area contributed by atoms with E-state index in [2.05, 4.69) is 22.4 Å². The van der Waals surface area contributed by atoms with Gasteiger partial charge in [0.25, 0.3) is 0 Å². The molecular formula is C18H30N6O2. The highest BCUT2D eigenvalue weighted by Gasteiger charge is 2.42. The molecule has 1 spiro atoms. The number of hydrogen-bond donors (Lipinski definition) is 0. The van der Waals surface area contributed by atoms with Crippen LogP contribution in [0.4, 0.5) is 0 Å². The zero-order valence-electron chi connectivity index (χ0n) is 16.0. The van der Waals surface area contributed by atoms with Crippen molar-refractivity contribution in [1.82, 2.24) is 30.0 Å². The van der Waals surface area contributed by atoms with Crippen molar-refractivity contribution < 1.29 is 9.59 Å². The summed E-state index contributed by atoms with van der Waals surface area (Å²) in [6.45, 7) is 7.75. The molecule has 0 bridgehead atoms. The number of unbranched alkanes of at least 4 members (excludes halogenated alkanes) is 1. The summed E-state index contributed by atoms with van der Waals surface area (Å²) in [6, 6.07) is 0. The highest BCUT2D eigenvalue weighted by atomic mass is 16.2. The largest absolute Gasteiger partial charge is 0.342 e. The second kappa shape index (κ2) is 8.14. The summed E-state index contributed by atoms with van der Waals surface area (Å²) in [5, 5.41) is 11.4. The van der Waals surface area contributed by atoms with E-state index in [0.29, 0.717) is 19.4 Å². The Balaban J connectivity index is 1.58. The molecule has 26 heavy (non-hydrogen) atoms. The third-order valence-electron chi connectivity index (χ3n) is 5.79. The van der Waals surface area contributed by atoms with Crippen molar-refractivity contribution in [2.75, 3.05) is 26.2 Å². The second-order valence-corrected chi connectivity index (χ2v) is 7.79. The van der Waals surface area contributed by atoms with Gasteiger partial charge >= 0.3 is 0 Å². The van der Waals surface area contributed by atoms with Crippen LogP contribution in [0.1, 0.15) is 57.7 Å². The van der Waals surface area contributed by atoms with Crippen molar-refractivity contribution >= 4 is 11.8 Å². The van der Waals surface area contributed by atoms with Gasteiger partial charge in [-0.1, -0.05) is 13.3 Å². The average Bonchev–Trinajstić information content (AvgIpc) is 3.06. The standard InChI is InChI=1S/C18H30N6O2/c1-3-4-10-22-13-18(9-6-16(22)25)8-5-11-23(14-18)17(26)7-12-24-15(2)19-20-21-24/h3-14H2,1-2H3/t18-/m0/s1. The number of aromatic nitrogens is 4. The van der Waals surface area contributed by atoms with Crippen LogP contribution in [0.25, 0.3) is 0 Å². The van der Waals surface area contributed by atoms with Crippen molar-refractivity contribution in [3.8, 4) is 0 Å². The Bertz CT molecular complexity index is 645. The Kier molecular flexibility index (Phi) is 5.88. The molecule has 0 aliphatic carbocycles. The Labute approximate surface area is 154 Å². The fraction of sp³-hybridized carbons (Fsp3) is 0.833. The molecule has 0 N–H and O–H groups in total. The van der Waals surface area contributed by atoms with Gasteiger partial charge in [-0.05, 0) is 43.0 Å². The minimum atomic E-state index is 0.0836. The molecule has 1 aromatic rings. The lowest BCUT2D eigenvalue weighted by Gasteiger charge is -2.48. The van der Waals surface area contributed by atoms with Gasteiger partial charge in [0.1, 0.15) is 5.82 Å². The first-order valence-electron chi connectivity index (χ1n) is 9.81. The summed E-state index contributed by atoms with van der Waals surface area (Å²) >= 11 is 0. The number of likely N-dealkylation sites (tertiary alicyclic amines) is 2. The highest BCUT2D eigenvalue weighted by Crippen LogP contribution is 2.39. The van der Waals surface area contributed by atoms with E-state index in [0.717, 1.165) is 64.1 Å². The number of aryl methyl sites for hydroxylation is 2. The summed E-state index contributed by atoms with van der Waals surface area (Å²) in [5.74, 6) is 1.17. The molecular weight excluding hydrogens is 332 g/mol. The molecule has 0 saturated carbocycles. The normalized spacial score (nSPS) is 23.7. The van der Waals surface area contributed by atoms with Gasteiger partial charge in [0.2, 0.25) is 11.8 Å². The summed E-state index contributed by atoms with van der Waals surface area (Å²) in [5.41, 5.74) is 0.0836. The maximum absolute atomic E-state index is 12.7. The van der Waals surface area contributed by atoms with Crippen LogP contribution in [-0.2, 0) is 16.1 Å². The lowest BCUT2D eigenvalue weighted by atomic mass is 9.73. The summed E-state index contributed by atoms with van der Waals surface area (Å²) in [7, 11) is 0.